The number of hydrogen-bond acceptors (Lipinski definition) is 4. The molecule has 0 unspecified atom stereocenters. The predicted molar refractivity (Wildman–Crippen MR) is 125 cm³/mol. The van der Waals surface area contributed by atoms with Crippen LogP contribution in [0.15, 0.2) is 64.9 Å². The standard InChI is InChI=1S/C24H26N2O3S2/c1-24(2,3)19-7-10-21(11-8-19)31(28,29)25-20-9-6-17-12-13-26(16-18(17)15-20)23(27)22-5-4-14-30-22/h4-11,14-15,25H,12-13,16H2,1-3H3. The number of benzene rings is 2. The SMILES string of the molecule is CC(C)(C)c1ccc(S(=O)(=O)Nc2ccc3c(c2)CN(C(=O)c2cccs2)CC3)cc1. The third kappa shape index (κ3) is 4.67. The maximum atomic E-state index is 12.9. The summed E-state index contributed by atoms with van der Waals surface area (Å²) in [5.41, 5.74) is 3.66. The zero-order valence-corrected chi connectivity index (χ0v) is 19.5. The van der Waals surface area contributed by atoms with Crippen molar-refractivity contribution in [3.05, 3.63) is 81.5 Å². The summed E-state index contributed by atoms with van der Waals surface area (Å²) in [6.45, 7) is 7.41. The summed E-state index contributed by atoms with van der Waals surface area (Å²) in [5.74, 6) is 0.0190. The van der Waals surface area contributed by atoms with Crippen LogP contribution in [0.1, 0.15) is 47.1 Å². The van der Waals surface area contributed by atoms with Crippen molar-refractivity contribution in [2.45, 2.75) is 44.0 Å². The molecule has 1 aromatic heterocycles. The van der Waals surface area contributed by atoms with Crippen LogP contribution in [-0.2, 0) is 28.4 Å². The van der Waals surface area contributed by atoms with Gasteiger partial charge in [0.05, 0.1) is 9.77 Å². The Morgan fingerprint density at radius 2 is 1.77 bits per heavy atom. The number of nitrogens with one attached hydrogen (secondary N) is 1. The molecule has 5 nitrogen and oxygen atoms in total. The monoisotopic (exact) mass is 454 g/mol. The summed E-state index contributed by atoms with van der Waals surface area (Å²) in [7, 11) is -3.70. The molecule has 0 fully saturated rings. The number of hydrogen-bond donors (Lipinski definition) is 1. The number of rotatable bonds is 4. The van der Waals surface area contributed by atoms with Crippen LogP contribution >= 0.6 is 11.3 Å². The molecule has 1 N–H and O–H groups in total. The van der Waals surface area contributed by atoms with Crippen molar-refractivity contribution in [3.8, 4) is 0 Å². The summed E-state index contributed by atoms with van der Waals surface area (Å²) in [6.07, 6.45) is 0.758. The van der Waals surface area contributed by atoms with E-state index in [2.05, 4.69) is 25.5 Å². The second kappa shape index (κ2) is 8.13. The van der Waals surface area contributed by atoms with Crippen molar-refractivity contribution < 1.29 is 13.2 Å². The van der Waals surface area contributed by atoms with Crippen LogP contribution in [0.3, 0.4) is 0 Å². The van der Waals surface area contributed by atoms with Gasteiger partial charge in [-0.3, -0.25) is 9.52 Å². The van der Waals surface area contributed by atoms with Gasteiger partial charge in [0.15, 0.2) is 0 Å². The fraction of sp³-hybridized carbons (Fsp3) is 0.292. The number of carbonyl (C=O) groups excluding carboxylic acids is 1. The lowest BCUT2D eigenvalue weighted by atomic mass is 9.87. The second-order valence-corrected chi connectivity index (χ2v) is 11.4. The van der Waals surface area contributed by atoms with Crippen molar-refractivity contribution in [3.63, 3.8) is 0 Å². The minimum absolute atomic E-state index is 0.0190. The quantitative estimate of drug-likeness (QED) is 0.600. The van der Waals surface area contributed by atoms with Gasteiger partial charge in [0.25, 0.3) is 15.9 Å². The highest BCUT2D eigenvalue weighted by atomic mass is 32.2. The van der Waals surface area contributed by atoms with Gasteiger partial charge in [0.2, 0.25) is 0 Å². The van der Waals surface area contributed by atoms with E-state index in [0.717, 1.165) is 28.0 Å². The summed E-state index contributed by atoms with van der Waals surface area (Å²) in [4.78, 5) is 15.5. The molecule has 7 heteroatoms. The smallest absolute Gasteiger partial charge is 0.264 e. The van der Waals surface area contributed by atoms with Crippen LogP contribution in [0.4, 0.5) is 5.69 Å². The Labute approximate surface area is 187 Å². The Kier molecular flexibility index (Phi) is 5.66. The molecule has 0 bridgehead atoms. The predicted octanol–water partition coefficient (Wildman–Crippen LogP) is 5.04. The highest BCUT2D eigenvalue weighted by molar-refractivity contribution is 7.92. The van der Waals surface area contributed by atoms with E-state index in [4.69, 9.17) is 0 Å². The molecule has 0 aliphatic carbocycles. The van der Waals surface area contributed by atoms with Crippen molar-refractivity contribution in [2.24, 2.45) is 0 Å². The van der Waals surface area contributed by atoms with Gasteiger partial charge >= 0.3 is 0 Å². The third-order valence-corrected chi connectivity index (χ3v) is 7.78. The lowest BCUT2D eigenvalue weighted by Crippen LogP contribution is -2.35. The molecule has 162 valence electrons. The highest BCUT2D eigenvalue weighted by Crippen LogP contribution is 2.27. The largest absolute Gasteiger partial charge is 0.333 e. The molecule has 1 aliphatic heterocycles. The lowest BCUT2D eigenvalue weighted by Gasteiger charge is -2.29. The normalized spacial score (nSPS) is 14.2. The van der Waals surface area contributed by atoms with Crippen LogP contribution in [-0.4, -0.2) is 25.8 Å². The second-order valence-electron chi connectivity index (χ2n) is 8.82. The van der Waals surface area contributed by atoms with E-state index in [1.165, 1.54) is 11.3 Å². The Bertz CT molecular complexity index is 1190. The minimum atomic E-state index is -3.70. The van der Waals surface area contributed by atoms with E-state index in [9.17, 15) is 13.2 Å². The fourth-order valence-corrected chi connectivity index (χ4v) is 5.44. The minimum Gasteiger partial charge on any atom is -0.333 e. The number of thiophene rings is 1. The van der Waals surface area contributed by atoms with E-state index < -0.39 is 10.0 Å². The molecule has 0 spiro atoms. The Hall–Kier alpha value is -2.64. The molecule has 0 radical (unpaired) electrons. The first-order valence-corrected chi connectivity index (χ1v) is 12.6. The summed E-state index contributed by atoms with van der Waals surface area (Å²) >= 11 is 1.43. The molecule has 2 heterocycles. The molecule has 31 heavy (non-hydrogen) atoms. The number of sulfonamides is 1. The van der Waals surface area contributed by atoms with Gasteiger partial charge in [-0.1, -0.05) is 45.0 Å². The van der Waals surface area contributed by atoms with Crippen LogP contribution in [0.5, 0.6) is 0 Å². The Balaban J connectivity index is 1.53. The van der Waals surface area contributed by atoms with E-state index >= 15 is 0 Å². The van der Waals surface area contributed by atoms with Crippen molar-refractivity contribution in [1.82, 2.24) is 4.90 Å². The first kappa shape index (κ1) is 21.6. The van der Waals surface area contributed by atoms with Gasteiger partial charge in [-0.15, -0.1) is 11.3 Å². The number of nitrogens with zero attached hydrogens (tertiary/aromatic N) is 1. The van der Waals surface area contributed by atoms with Crippen molar-refractivity contribution in [2.75, 3.05) is 11.3 Å². The van der Waals surface area contributed by atoms with Crippen LogP contribution in [0, 0.1) is 0 Å². The molecule has 4 rings (SSSR count). The zero-order chi connectivity index (χ0) is 22.2. The molecular formula is C24H26N2O3S2. The summed E-state index contributed by atoms with van der Waals surface area (Å²) in [5, 5.41) is 1.89. The molecular weight excluding hydrogens is 428 g/mol. The summed E-state index contributed by atoms with van der Waals surface area (Å²) in [6, 6.07) is 16.3. The van der Waals surface area contributed by atoms with Gasteiger partial charge in [-0.2, -0.15) is 0 Å². The van der Waals surface area contributed by atoms with E-state index in [-0.39, 0.29) is 16.2 Å². The van der Waals surface area contributed by atoms with E-state index in [0.29, 0.717) is 18.8 Å². The van der Waals surface area contributed by atoms with Gasteiger partial charge in [0.1, 0.15) is 0 Å². The van der Waals surface area contributed by atoms with Crippen LogP contribution in [0.25, 0.3) is 0 Å². The average Bonchev–Trinajstić information content (AvgIpc) is 3.27. The van der Waals surface area contributed by atoms with Gasteiger partial charge < -0.3 is 4.90 Å². The van der Waals surface area contributed by atoms with Gasteiger partial charge in [0, 0.05) is 18.8 Å². The molecule has 1 amide bonds. The Morgan fingerprint density at radius 3 is 2.42 bits per heavy atom. The maximum absolute atomic E-state index is 12.9. The first-order valence-electron chi connectivity index (χ1n) is 10.2. The Morgan fingerprint density at radius 1 is 1.03 bits per heavy atom. The topological polar surface area (TPSA) is 66.5 Å². The molecule has 0 atom stereocenters. The number of fused-ring (bicyclic) bond motifs is 1. The first-order chi connectivity index (χ1) is 14.6. The number of anilines is 1. The average molecular weight is 455 g/mol. The van der Waals surface area contributed by atoms with E-state index in [1.807, 2.05) is 46.7 Å². The third-order valence-electron chi connectivity index (χ3n) is 5.52. The van der Waals surface area contributed by atoms with Crippen LogP contribution < -0.4 is 4.72 Å². The fourth-order valence-electron chi connectivity index (χ4n) is 3.70. The number of amides is 1. The van der Waals surface area contributed by atoms with Crippen LogP contribution in [0.2, 0.25) is 0 Å². The zero-order valence-electron chi connectivity index (χ0n) is 17.9. The van der Waals surface area contributed by atoms with E-state index in [1.54, 1.807) is 18.2 Å². The van der Waals surface area contributed by atoms with Crippen molar-refractivity contribution >= 4 is 33.0 Å². The van der Waals surface area contributed by atoms with Crippen molar-refractivity contribution in [1.29, 1.82) is 0 Å². The molecule has 3 aromatic rings. The molecule has 0 saturated heterocycles. The molecule has 1 aliphatic rings. The lowest BCUT2D eigenvalue weighted by molar-refractivity contribution is 0.0739. The molecule has 0 saturated carbocycles. The number of carbonyl (C=O) groups is 1. The van der Waals surface area contributed by atoms with Gasteiger partial charge in [-0.25, -0.2) is 8.42 Å². The van der Waals surface area contributed by atoms with Gasteiger partial charge in [-0.05, 0) is 64.2 Å². The highest BCUT2D eigenvalue weighted by Gasteiger charge is 2.23. The molecule has 2 aromatic carbocycles. The summed E-state index contributed by atoms with van der Waals surface area (Å²) < 4.78 is 28.5. The maximum Gasteiger partial charge on any atom is 0.264 e.